The number of aromatic carboxylic acids is 1. The molecule has 2 aliphatic heterocycles. The van der Waals surface area contributed by atoms with Gasteiger partial charge < -0.3 is 24.0 Å². The molecule has 3 aromatic heterocycles. The molecule has 12 heteroatoms. The minimum Gasteiger partial charge on any atom is -0.477 e. The van der Waals surface area contributed by atoms with Crippen molar-refractivity contribution in [1.82, 2.24) is 24.4 Å². The SMILES string of the molecule is C[C@@H](c1nc2ccc(C(=O)O)nc2n1C[C@@H]1CCO1)N1CCN(c2cccc(OCc3ccc(Cl)cc3F)n2)CC1. The summed E-state index contributed by atoms with van der Waals surface area (Å²) in [5, 5.41) is 9.81. The van der Waals surface area contributed by atoms with Crippen LogP contribution in [0.3, 0.4) is 0 Å². The molecule has 0 bridgehead atoms. The van der Waals surface area contributed by atoms with Crippen LogP contribution >= 0.6 is 11.6 Å². The number of ether oxygens (including phenoxy) is 2. The molecule has 41 heavy (non-hydrogen) atoms. The van der Waals surface area contributed by atoms with Crippen LogP contribution in [0.25, 0.3) is 11.2 Å². The molecule has 2 fully saturated rings. The number of nitrogens with zero attached hydrogens (tertiary/aromatic N) is 6. The van der Waals surface area contributed by atoms with Crippen LogP contribution in [-0.2, 0) is 17.9 Å². The summed E-state index contributed by atoms with van der Waals surface area (Å²) in [5.41, 5.74) is 1.65. The van der Waals surface area contributed by atoms with Gasteiger partial charge in [-0.1, -0.05) is 23.7 Å². The maximum Gasteiger partial charge on any atom is 0.354 e. The van der Waals surface area contributed by atoms with E-state index in [4.69, 9.17) is 26.1 Å². The summed E-state index contributed by atoms with van der Waals surface area (Å²) in [7, 11) is 0. The number of fused-ring (bicyclic) bond motifs is 1. The molecule has 0 amide bonds. The molecule has 2 saturated heterocycles. The highest BCUT2D eigenvalue weighted by molar-refractivity contribution is 6.30. The minimum absolute atomic E-state index is 0.00185. The molecule has 0 unspecified atom stereocenters. The van der Waals surface area contributed by atoms with Gasteiger partial charge in [-0.25, -0.2) is 19.2 Å². The Kier molecular flexibility index (Phi) is 7.74. The summed E-state index contributed by atoms with van der Waals surface area (Å²) in [4.78, 5) is 30.1. The lowest BCUT2D eigenvalue weighted by Gasteiger charge is -2.38. The van der Waals surface area contributed by atoms with E-state index in [0.717, 1.165) is 50.8 Å². The zero-order valence-electron chi connectivity index (χ0n) is 22.5. The van der Waals surface area contributed by atoms with Gasteiger partial charge in [0, 0.05) is 49.4 Å². The number of hydrogen-bond acceptors (Lipinski definition) is 8. The zero-order chi connectivity index (χ0) is 28.5. The van der Waals surface area contributed by atoms with E-state index in [0.29, 0.717) is 34.2 Å². The Morgan fingerprint density at radius 2 is 1.95 bits per heavy atom. The number of carboxylic acid groups (broad SMARTS) is 1. The fourth-order valence-electron chi connectivity index (χ4n) is 5.22. The van der Waals surface area contributed by atoms with Crippen molar-refractivity contribution in [1.29, 1.82) is 0 Å². The van der Waals surface area contributed by atoms with Crippen LogP contribution in [0, 0.1) is 5.82 Å². The van der Waals surface area contributed by atoms with E-state index in [9.17, 15) is 14.3 Å². The van der Waals surface area contributed by atoms with E-state index in [-0.39, 0.29) is 24.4 Å². The molecule has 0 radical (unpaired) electrons. The van der Waals surface area contributed by atoms with Gasteiger partial charge in [-0.2, -0.15) is 4.98 Å². The van der Waals surface area contributed by atoms with Crippen molar-refractivity contribution in [3.63, 3.8) is 0 Å². The lowest BCUT2D eigenvalue weighted by atomic mass is 10.1. The van der Waals surface area contributed by atoms with Gasteiger partial charge in [0.15, 0.2) is 11.3 Å². The fraction of sp³-hybridized carbons (Fsp3) is 0.379. The highest BCUT2D eigenvalue weighted by Crippen LogP contribution is 2.28. The van der Waals surface area contributed by atoms with E-state index in [1.165, 1.54) is 12.1 Å². The Balaban J connectivity index is 1.14. The van der Waals surface area contributed by atoms with E-state index >= 15 is 0 Å². The van der Waals surface area contributed by atoms with E-state index in [1.807, 2.05) is 16.7 Å². The summed E-state index contributed by atoms with van der Waals surface area (Å²) in [5.74, 6) is 0.595. The molecule has 6 rings (SSSR count). The lowest BCUT2D eigenvalue weighted by Crippen LogP contribution is -2.48. The minimum atomic E-state index is -1.06. The molecule has 4 aromatic rings. The van der Waals surface area contributed by atoms with Crippen LogP contribution in [0.1, 0.15) is 41.3 Å². The second-order valence-electron chi connectivity index (χ2n) is 10.3. The molecule has 0 aliphatic carbocycles. The first-order chi connectivity index (χ1) is 19.9. The summed E-state index contributed by atoms with van der Waals surface area (Å²) >= 11 is 5.84. The normalized spacial score (nSPS) is 18.3. The Morgan fingerprint density at radius 3 is 2.66 bits per heavy atom. The molecular weight excluding hydrogens is 551 g/mol. The number of aromatic nitrogens is 4. The summed E-state index contributed by atoms with van der Waals surface area (Å²) in [6.45, 7) is 6.55. The van der Waals surface area contributed by atoms with Crippen LogP contribution in [0.4, 0.5) is 10.2 Å². The molecule has 5 heterocycles. The number of carboxylic acids is 1. The zero-order valence-corrected chi connectivity index (χ0v) is 23.3. The van der Waals surface area contributed by atoms with Gasteiger partial charge in [-0.3, -0.25) is 4.90 Å². The quantitative estimate of drug-likeness (QED) is 0.305. The first-order valence-corrected chi connectivity index (χ1v) is 14.0. The summed E-state index contributed by atoms with van der Waals surface area (Å²) in [6, 6.07) is 13.3. The molecule has 214 valence electrons. The van der Waals surface area contributed by atoms with Gasteiger partial charge in [0.05, 0.1) is 18.7 Å². The van der Waals surface area contributed by atoms with Crippen LogP contribution in [-0.4, -0.2) is 74.4 Å². The number of piperazine rings is 1. The standard InChI is InChI=1S/C29H30ClFN6O4/c1-18(27-32-23-7-8-24(29(38)39)33-28(23)37(27)16-21-9-14-40-21)35-10-12-36(13-11-35)25-3-2-4-26(34-25)41-17-19-5-6-20(30)15-22(19)31/h2-8,15,18,21H,9-14,16-17H2,1H3,(H,38,39)/t18-,21-/m0/s1. The second-order valence-corrected chi connectivity index (χ2v) is 10.7. The molecule has 2 atom stereocenters. The maximum atomic E-state index is 14.1. The van der Waals surface area contributed by atoms with Crippen molar-refractivity contribution in [2.75, 3.05) is 37.7 Å². The highest BCUT2D eigenvalue weighted by Gasteiger charge is 2.29. The lowest BCUT2D eigenvalue weighted by molar-refractivity contribution is -0.0594. The number of benzene rings is 1. The molecule has 0 saturated carbocycles. The van der Waals surface area contributed by atoms with E-state index in [2.05, 4.69) is 26.7 Å². The molecule has 2 aliphatic rings. The Hall–Kier alpha value is -3.80. The van der Waals surface area contributed by atoms with Crippen molar-refractivity contribution >= 4 is 34.6 Å². The van der Waals surface area contributed by atoms with E-state index < -0.39 is 11.8 Å². The van der Waals surface area contributed by atoms with Gasteiger partial charge in [0.25, 0.3) is 0 Å². The third-order valence-electron chi connectivity index (χ3n) is 7.68. The van der Waals surface area contributed by atoms with Gasteiger partial charge in [0.1, 0.15) is 29.6 Å². The van der Waals surface area contributed by atoms with Gasteiger partial charge in [-0.05, 0) is 43.7 Å². The van der Waals surface area contributed by atoms with Gasteiger partial charge in [-0.15, -0.1) is 0 Å². The smallest absolute Gasteiger partial charge is 0.354 e. The number of carbonyl (C=O) groups is 1. The fourth-order valence-corrected chi connectivity index (χ4v) is 5.38. The Morgan fingerprint density at radius 1 is 1.15 bits per heavy atom. The van der Waals surface area contributed by atoms with Crippen molar-refractivity contribution in [3.8, 4) is 5.88 Å². The van der Waals surface area contributed by atoms with Gasteiger partial charge >= 0.3 is 5.97 Å². The number of anilines is 1. The number of pyridine rings is 2. The molecular formula is C29H30ClFN6O4. The maximum absolute atomic E-state index is 14.1. The monoisotopic (exact) mass is 580 g/mol. The van der Waals surface area contributed by atoms with Crippen molar-refractivity contribution in [2.24, 2.45) is 0 Å². The van der Waals surface area contributed by atoms with Crippen molar-refractivity contribution in [3.05, 3.63) is 76.5 Å². The third-order valence-corrected chi connectivity index (χ3v) is 7.91. The predicted molar refractivity (Wildman–Crippen MR) is 151 cm³/mol. The Bertz CT molecular complexity index is 1570. The molecule has 10 nitrogen and oxygen atoms in total. The number of rotatable bonds is 9. The molecule has 0 spiro atoms. The largest absolute Gasteiger partial charge is 0.477 e. The predicted octanol–water partition coefficient (Wildman–Crippen LogP) is 4.57. The Labute approximate surface area is 241 Å². The van der Waals surface area contributed by atoms with Gasteiger partial charge in [0.2, 0.25) is 5.88 Å². The average molecular weight is 581 g/mol. The first-order valence-electron chi connectivity index (χ1n) is 13.6. The third kappa shape index (κ3) is 5.83. The van der Waals surface area contributed by atoms with Crippen LogP contribution in [0.15, 0.2) is 48.5 Å². The van der Waals surface area contributed by atoms with Crippen LogP contribution < -0.4 is 9.64 Å². The topological polar surface area (TPSA) is 106 Å². The summed E-state index contributed by atoms with van der Waals surface area (Å²) < 4.78 is 27.6. The average Bonchev–Trinajstić information content (AvgIpc) is 3.32. The molecule has 1 N–H and O–H groups in total. The number of halogens is 2. The van der Waals surface area contributed by atoms with Crippen LogP contribution in [0.5, 0.6) is 5.88 Å². The van der Waals surface area contributed by atoms with Crippen LogP contribution in [0.2, 0.25) is 5.02 Å². The summed E-state index contributed by atoms with van der Waals surface area (Å²) in [6.07, 6.45) is 1.03. The highest BCUT2D eigenvalue weighted by atomic mass is 35.5. The number of hydrogen-bond donors (Lipinski definition) is 1. The second kappa shape index (κ2) is 11.6. The van der Waals surface area contributed by atoms with E-state index in [1.54, 1.807) is 24.3 Å². The van der Waals surface area contributed by atoms with Crippen molar-refractivity contribution < 1.29 is 23.8 Å². The molecule has 1 aromatic carbocycles. The van der Waals surface area contributed by atoms with Crippen molar-refractivity contribution in [2.45, 2.75) is 38.6 Å². The first kappa shape index (κ1) is 27.4. The number of imidazole rings is 1.